The Morgan fingerprint density at radius 1 is 1.29 bits per heavy atom. The predicted molar refractivity (Wildman–Crippen MR) is 107 cm³/mol. The third-order valence-electron chi connectivity index (χ3n) is 4.30. The number of benzene rings is 1. The Bertz CT molecular complexity index is 1170. The number of esters is 1. The van der Waals surface area contributed by atoms with E-state index in [2.05, 4.69) is 9.98 Å². The number of thiazole rings is 1. The molecule has 0 fully saturated rings. The van der Waals surface area contributed by atoms with E-state index in [9.17, 15) is 9.59 Å². The van der Waals surface area contributed by atoms with Gasteiger partial charge >= 0.3 is 5.97 Å². The molecule has 0 saturated carbocycles. The van der Waals surface area contributed by atoms with Crippen LogP contribution >= 0.6 is 11.3 Å². The molecular weight excluding hydrogens is 376 g/mol. The minimum Gasteiger partial charge on any atom is -0.462 e. The first kappa shape index (κ1) is 18.1. The molecule has 1 aliphatic heterocycles. The summed E-state index contributed by atoms with van der Waals surface area (Å²) in [5, 5.41) is 0. The van der Waals surface area contributed by atoms with Crippen molar-refractivity contribution in [1.82, 2.24) is 9.55 Å². The van der Waals surface area contributed by atoms with Gasteiger partial charge in [-0.2, -0.15) is 0 Å². The smallest absolute Gasteiger partial charge is 0.338 e. The molecule has 0 bridgehead atoms. The van der Waals surface area contributed by atoms with Gasteiger partial charge in [-0.1, -0.05) is 17.4 Å². The van der Waals surface area contributed by atoms with Gasteiger partial charge in [-0.25, -0.2) is 9.79 Å². The van der Waals surface area contributed by atoms with Crippen LogP contribution in [0.3, 0.4) is 0 Å². The summed E-state index contributed by atoms with van der Waals surface area (Å²) in [4.78, 5) is 35.9. The molecule has 0 aliphatic carbocycles. The predicted octanol–water partition coefficient (Wildman–Crippen LogP) is 1.37. The second-order valence-electron chi connectivity index (χ2n) is 6.16. The first-order valence-corrected chi connectivity index (χ1v) is 9.65. The van der Waals surface area contributed by atoms with Gasteiger partial charge in [0.05, 0.1) is 16.7 Å². The minimum atomic E-state index is -0.343. The van der Waals surface area contributed by atoms with Crippen LogP contribution in [0.2, 0.25) is 0 Å². The Hall–Kier alpha value is -3.26. The highest BCUT2D eigenvalue weighted by molar-refractivity contribution is 7.07. The maximum atomic E-state index is 12.8. The highest BCUT2D eigenvalue weighted by Gasteiger charge is 2.16. The number of anilines is 1. The number of pyridine rings is 1. The second-order valence-corrected chi connectivity index (χ2v) is 7.17. The highest BCUT2D eigenvalue weighted by Crippen LogP contribution is 2.17. The van der Waals surface area contributed by atoms with Crippen molar-refractivity contribution in [3.8, 4) is 0 Å². The lowest BCUT2D eigenvalue weighted by Gasteiger charge is -2.25. The number of ether oxygens (including phenoxy) is 1. The molecule has 0 unspecified atom stereocenters. The van der Waals surface area contributed by atoms with Gasteiger partial charge in [-0.15, -0.1) is 0 Å². The maximum absolute atomic E-state index is 12.8. The SMILES string of the molecule is CCOC(=O)c1ccc(N2CN=c3s/c(=C\c4cccnc4)c(=O)n3C2)cc1. The van der Waals surface area contributed by atoms with Gasteiger partial charge in [0, 0.05) is 18.1 Å². The zero-order valence-corrected chi connectivity index (χ0v) is 16.1. The van der Waals surface area contributed by atoms with Crippen molar-refractivity contribution in [3.63, 3.8) is 0 Å². The van der Waals surface area contributed by atoms with Crippen LogP contribution in [0.4, 0.5) is 5.69 Å². The summed E-state index contributed by atoms with van der Waals surface area (Å²) in [6, 6.07) is 10.9. The molecule has 1 aliphatic rings. The van der Waals surface area contributed by atoms with E-state index in [1.54, 1.807) is 36.0 Å². The fourth-order valence-electron chi connectivity index (χ4n) is 2.91. The summed E-state index contributed by atoms with van der Waals surface area (Å²) in [5.41, 5.74) is 2.20. The van der Waals surface area contributed by atoms with E-state index < -0.39 is 0 Å². The largest absolute Gasteiger partial charge is 0.462 e. The van der Waals surface area contributed by atoms with Gasteiger partial charge in [-0.3, -0.25) is 14.3 Å². The summed E-state index contributed by atoms with van der Waals surface area (Å²) in [6.07, 6.45) is 5.25. The first-order valence-electron chi connectivity index (χ1n) is 8.83. The lowest BCUT2D eigenvalue weighted by atomic mass is 10.2. The average Bonchev–Trinajstić information content (AvgIpc) is 3.04. The van der Waals surface area contributed by atoms with Crippen LogP contribution in [-0.2, 0) is 11.4 Å². The first-order chi connectivity index (χ1) is 13.7. The van der Waals surface area contributed by atoms with E-state index in [1.807, 2.05) is 35.2 Å². The Morgan fingerprint density at radius 2 is 2.11 bits per heavy atom. The quantitative estimate of drug-likeness (QED) is 0.625. The number of fused-ring (bicyclic) bond motifs is 1. The van der Waals surface area contributed by atoms with Crippen LogP contribution in [0.1, 0.15) is 22.8 Å². The number of rotatable bonds is 4. The molecule has 8 heteroatoms. The Morgan fingerprint density at radius 3 is 2.82 bits per heavy atom. The molecule has 7 nitrogen and oxygen atoms in total. The lowest BCUT2D eigenvalue weighted by molar-refractivity contribution is 0.0526. The number of carbonyl (C=O) groups is 1. The minimum absolute atomic E-state index is 0.0690. The molecular formula is C20H18N4O3S. The van der Waals surface area contributed by atoms with Crippen molar-refractivity contribution < 1.29 is 9.53 Å². The summed E-state index contributed by atoms with van der Waals surface area (Å²) in [5.74, 6) is -0.343. The van der Waals surface area contributed by atoms with E-state index in [0.29, 0.717) is 34.8 Å². The van der Waals surface area contributed by atoms with Crippen LogP contribution in [0, 0.1) is 0 Å². The van der Waals surface area contributed by atoms with Crippen LogP contribution in [0.5, 0.6) is 0 Å². The molecule has 2 aromatic heterocycles. The number of aromatic nitrogens is 2. The van der Waals surface area contributed by atoms with Gasteiger partial charge < -0.3 is 9.64 Å². The van der Waals surface area contributed by atoms with Crippen LogP contribution in [-0.4, -0.2) is 28.8 Å². The van der Waals surface area contributed by atoms with E-state index in [-0.39, 0.29) is 11.5 Å². The van der Waals surface area contributed by atoms with Gasteiger partial charge in [-0.05, 0) is 48.9 Å². The average molecular weight is 394 g/mol. The molecule has 0 amide bonds. The van der Waals surface area contributed by atoms with E-state index in [4.69, 9.17) is 4.74 Å². The highest BCUT2D eigenvalue weighted by atomic mass is 32.1. The maximum Gasteiger partial charge on any atom is 0.338 e. The van der Waals surface area contributed by atoms with E-state index >= 15 is 0 Å². The van der Waals surface area contributed by atoms with E-state index in [0.717, 1.165) is 11.3 Å². The molecule has 0 radical (unpaired) electrons. The zero-order chi connectivity index (χ0) is 19.5. The fourth-order valence-corrected chi connectivity index (χ4v) is 3.87. The molecule has 4 rings (SSSR count). The molecule has 142 valence electrons. The van der Waals surface area contributed by atoms with Crippen molar-refractivity contribution in [2.45, 2.75) is 13.6 Å². The van der Waals surface area contributed by atoms with Crippen molar-refractivity contribution in [3.05, 3.63) is 79.6 Å². The summed E-state index contributed by atoms with van der Waals surface area (Å²) in [7, 11) is 0. The van der Waals surface area contributed by atoms with Crippen molar-refractivity contribution >= 4 is 29.1 Å². The van der Waals surface area contributed by atoms with Crippen LogP contribution < -0.4 is 19.8 Å². The Kier molecular flexibility index (Phi) is 5.03. The van der Waals surface area contributed by atoms with Crippen molar-refractivity contribution in [2.75, 3.05) is 18.2 Å². The lowest BCUT2D eigenvalue weighted by Crippen LogP contribution is -2.42. The van der Waals surface area contributed by atoms with Gasteiger partial charge in [0.25, 0.3) is 5.56 Å². The number of hydrogen-bond donors (Lipinski definition) is 0. The Balaban J connectivity index is 1.60. The number of carbonyl (C=O) groups excluding carboxylic acids is 1. The molecule has 28 heavy (non-hydrogen) atoms. The van der Waals surface area contributed by atoms with E-state index in [1.165, 1.54) is 11.3 Å². The number of hydrogen-bond acceptors (Lipinski definition) is 7. The molecule has 0 spiro atoms. The summed E-state index contributed by atoms with van der Waals surface area (Å²) >= 11 is 1.38. The van der Waals surface area contributed by atoms with Crippen LogP contribution in [0.25, 0.3) is 6.08 Å². The van der Waals surface area contributed by atoms with Gasteiger partial charge in [0.1, 0.15) is 13.3 Å². The molecule has 1 aromatic carbocycles. The van der Waals surface area contributed by atoms with Crippen LogP contribution in [0.15, 0.2) is 58.6 Å². The standard InChI is InChI=1S/C20H18N4O3S/c1-2-27-19(26)15-5-7-16(8-6-15)23-12-22-20-24(13-23)18(25)17(28-20)10-14-4-3-9-21-11-14/h3-11H,2,12-13H2,1H3/b17-10-. The van der Waals surface area contributed by atoms with Gasteiger partial charge in [0.2, 0.25) is 0 Å². The van der Waals surface area contributed by atoms with Gasteiger partial charge in [0.15, 0.2) is 4.80 Å². The molecule has 0 N–H and O–H groups in total. The van der Waals surface area contributed by atoms with Crippen molar-refractivity contribution in [2.24, 2.45) is 4.99 Å². The normalized spacial score (nSPS) is 13.8. The Labute approximate surface area is 164 Å². The number of nitrogens with zero attached hydrogens (tertiary/aromatic N) is 4. The fraction of sp³-hybridized carbons (Fsp3) is 0.200. The molecule has 3 aromatic rings. The summed E-state index contributed by atoms with van der Waals surface area (Å²) in [6.45, 7) is 2.98. The third kappa shape index (κ3) is 3.59. The topological polar surface area (TPSA) is 76.8 Å². The van der Waals surface area contributed by atoms with Crippen molar-refractivity contribution in [1.29, 1.82) is 0 Å². The molecule has 0 saturated heterocycles. The third-order valence-corrected chi connectivity index (χ3v) is 5.35. The monoisotopic (exact) mass is 394 g/mol. The molecule has 0 atom stereocenters. The molecule has 3 heterocycles. The zero-order valence-electron chi connectivity index (χ0n) is 15.2. The second kappa shape index (κ2) is 7.77. The summed E-state index contributed by atoms with van der Waals surface area (Å²) < 4.78 is 7.30.